The van der Waals surface area contributed by atoms with Crippen LogP contribution < -0.4 is 0 Å². The van der Waals surface area contributed by atoms with Crippen molar-refractivity contribution in [1.29, 1.82) is 0 Å². The Kier molecular flexibility index (Phi) is 7.56. The Morgan fingerprint density at radius 2 is 1.73 bits per heavy atom. The van der Waals surface area contributed by atoms with Crippen LogP contribution in [0.1, 0.15) is 52.8 Å². The summed E-state index contributed by atoms with van der Waals surface area (Å²) in [5.74, 6) is -2.67. The molecule has 0 unspecified atom stereocenters. The first-order chi connectivity index (χ1) is 14.4. The number of rotatable bonds is 8. The summed E-state index contributed by atoms with van der Waals surface area (Å²) in [6.07, 6.45) is 2.90. The summed E-state index contributed by atoms with van der Waals surface area (Å²) in [6, 6.07) is 7.88. The van der Waals surface area contributed by atoms with Crippen molar-refractivity contribution in [3.05, 3.63) is 64.2 Å². The van der Waals surface area contributed by atoms with Gasteiger partial charge in [0.15, 0.2) is 11.6 Å². The maximum atomic E-state index is 13.9. The fraction of sp³-hybridized carbons (Fsp3) is 0.391. The van der Waals surface area contributed by atoms with E-state index in [0.717, 1.165) is 25.1 Å². The number of unbranched alkanes of at least 4 members (excludes halogenated alkanes) is 1. The molecule has 0 saturated carbocycles. The Balaban J connectivity index is 1.41. The fourth-order valence-electron chi connectivity index (χ4n) is 3.84. The topological polar surface area (TPSA) is 57.6 Å². The second-order valence-corrected chi connectivity index (χ2v) is 8.06. The standard InChI is InChI=1S/C23H24ClF2NO3/c24-16-7-8-21(29)17(14-16)20(28)6-1-2-11-27-12-9-15(10-13-27)23(30)22-18(25)4-3-5-19(22)26/h3-5,7-8,14-15,29H,1-2,6,9-13H2. The summed E-state index contributed by atoms with van der Waals surface area (Å²) < 4.78 is 27.7. The van der Waals surface area contributed by atoms with Crippen molar-refractivity contribution in [2.75, 3.05) is 19.6 Å². The number of carbonyl (C=O) groups is 2. The number of hydrogen-bond acceptors (Lipinski definition) is 4. The highest BCUT2D eigenvalue weighted by Crippen LogP contribution is 2.26. The summed E-state index contributed by atoms with van der Waals surface area (Å²) in [4.78, 5) is 26.9. The molecule has 2 aromatic carbocycles. The van der Waals surface area contributed by atoms with Gasteiger partial charge in [0.05, 0.1) is 11.1 Å². The number of Topliss-reactive ketones (excluding diaryl/α,β-unsaturated/α-hetero) is 2. The van der Waals surface area contributed by atoms with Gasteiger partial charge in [0.1, 0.15) is 17.4 Å². The molecule has 2 aromatic rings. The number of piperidine rings is 1. The molecule has 0 spiro atoms. The van der Waals surface area contributed by atoms with Crippen molar-refractivity contribution < 1.29 is 23.5 Å². The third-order valence-corrected chi connectivity index (χ3v) is 5.79. The van der Waals surface area contributed by atoms with E-state index in [4.69, 9.17) is 11.6 Å². The molecule has 30 heavy (non-hydrogen) atoms. The number of phenols is 1. The summed E-state index contributed by atoms with van der Waals surface area (Å²) in [5, 5.41) is 10.2. The molecule has 0 bridgehead atoms. The quantitative estimate of drug-likeness (QED) is 0.453. The van der Waals surface area contributed by atoms with Gasteiger partial charge in [-0.2, -0.15) is 0 Å². The van der Waals surface area contributed by atoms with Gasteiger partial charge < -0.3 is 10.0 Å². The molecule has 1 aliphatic heterocycles. The van der Waals surface area contributed by atoms with E-state index in [9.17, 15) is 23.5 Å². The molecule has 1 aliphatic rings. The zero-order chi connectivity index (χ0) is 21.7. The predicted octanol–water partition coefficient (Wildman–Crippen LogP) is 5.27. The van der Waals surface area contributed by atoms with Crippen molar-refractivity contribution in [2.45, 2.75) is 32.1 Å². The average molecular weight is 436 g/mol. The molecule has 0 radical (unpaired) electrons. The van der Waals surface area contributed by atoms with Gasteiger partial charge in [-0.15, -0.1) is 0 Å². The van der Waals surface area contributed by atoms with Crippen LogP contribution in [0.5, 0.6) is 5.75 Å². The van der Waals surface area contributed by atoms with Crippen molar-refractivity contribution in [1.82, 2.24) is 4.90 Å². The minimum absolute atomic E-state index is 0.0672. The summed E-state index contributed by atoms with van der Waals surface area (Å²) >= 11 is 5.88. The summed E-state index contributed by atoms with van der Waals surface area (Å²) in [7, 11) is 0. The minimum atomic E-state index is -0.808. The molecule has 1 saturated heterocycles. The number of ketones is 2. The van der Waals surface area contributed by atoms with Crippen LogP contribution in [0, 0.1) is 17.6 Å². The van der Waals surface area contributed by atoms with Gasteiger partial charge in [0, 0.05) is 17.4 Å². The molecule has 1 fully saturated rings. The number of benzene rings is 2. The second kappa shape index (κ2) is 10.1. The van der Waals surface area contributed by atoms with Crippen LogP contribution in [0.2, 0.25) is 5.02 Å². The van der Waals surface area contributed by atoms with Gasteiger partial charge in [-0.05, 0) is 75.6 Å². The van der Waals surface area contributed by atoms with Crippen LogP contribution >= 0.6 is 11.6 Å². The van der Waals surface area contributed by atoms with E-state index < -0.39 is 23.0 Å². The van der Waals surface area contributed by atoms with Crippen LogP contribution in [0.3, 0.4) is 0 Å². The second-order valence-electron chi connectivity index (χ2n) is 7.62. The maximum absolute atomic E-state index is 13.9. The van der Waals surface area contributed by atoms with Crippen LogP contribution in [-0.2, 0) is 0 Å². The number of nitrogens with zero attached hydrogens (tertiary/aromatic N) is 1. The molecule has 4 nitrogen and oxygen atoms in total. The van der Waals surface area contributed by atoms with Gasteiger partial charge in [0.2, 0.25) is 0 Å². The molecular formula is C23H24ClF2NO3. The van der Waals surface area contributed by atoms with Gasteiger partial charge in [-0.25, -0.2) is 8.78 Å². The zero-order valence-electron chi connectivity index (χ0n) is 16.5. The lowest BCUT2D eigenvalue weighted by atomic mass is 9.88. The molecular weight excluding hydrogens is 412 g/mol. The van der Waals surface area contributed by atoms with Crippen molar-refractivity contribution in [2.24, 2.45) is 5.92 Å². The SMILES string of the molecule is O=C(CCCCN1CCC(C(=O)c2c(F)cccc2F)CC1)c1cc(Cl)ccc1O. The third kappa shape index (κ3) is 5.43. The van der Waals surface area contributed by atoms with Gasteiger partial charge in [-0.1, -0.05) is 17.7 Å². The van der Waals surface area contributed by atoms with E-state index in [1.165, 1.54) is 24.3 Å². The number of hydrogen-bond donors (Lipinski definition) is 1. The monoisotopic (exact) mass is 435 g/mol. The number of aromatic hydroxyl groups is 1. The number of halogens is 3. The van der Waals surface area contributed by atoms with Crippen molar-refractivity contribution >= 4 is 23.2 Å². The lowest BCUT2D eigenvalue weighted by Crippen LogP contribution is -2.37. The molecule has 7 heteroatoms. The summed E-state index contributed by atoms with van der Waals surface area (Å²) in [6.45, 7) is 2.13. The lowest BCUT2D eigenvalue weighted by Gasteiger charge is -2.31. The lowest BCUT2D eigenvalue weighted by molar-refractivity contribution is 0.0827. The molecule has 3 rings (SSSR count). The Morgan fingerprint density at radius 1 is 1.07 bits per heavy atom. The Hall–Kier alpha value is -2.31. The van der Waals surface area contributed by atoms with Crippen LogP contribution in [0.25, 0.3) is 0 Å². The first-order valence-corrected chi connectivity index (χ1v) is 10.5. The first kappa shape index (κ1) is 22.4. The van der Waals surface area contributed by atoms with E-state index in [1.54, 1.807) is 0 Å². The number of phenolic OH excluding ortho intramolecular Hbond substituents is 1. The largest absolute Gasteiger partial charge is 0.507 e. The predicted molar refractivity (Wildman–Crippen MR) is 111 cm³/mol. The highest BCUT2D eigenvalue weighted by molar-refractivity contribution is 6.31. The maximum Gasteiger partial charge on any atom is 0.171 e. The molecule has 0 aliphatic carbocycles. The van der Waals surface area contributed by atoms with E-state index in [-0.39, 0.29) is 23.0 Å². The fourth-order valence-corrected chi connectivity index (χ4v) is 4.02. The van der Waals surface area contributed by atoms with Gasteiger partial charge >= 0.3 is 0 Å². The highest BCUT2D eigenvalue weighted by atomic mass is 35.5. The number of likely N-dealkylation sites (tertiary alicyclic amines) is 1. The minimum Gasteiger partial charge on any atom is -0.507 e. The smallest absolute Gasteiger partial charge is 0.171 e. The van der Waals surface area contributed by atoms with Crippen LogP contribution in [0.15, 0.2) is 36.4 Å². The van der Waals surface area contributed by atoms with Gasteiger partial charge in [-0.3, -0.25) is 9.59 Å². The van der Waals surface area contributed by atoms with Crippen molar-refractivity contribution in [3.63, 3.8) is 0 Å². The Morgan fingerprint density at radius 3 is 2.40 bits per heavy atom. The van der Waals surface area contributed by atoms with Crippen molar-refractivity contribution in [3.8, 4) is 5.75 Å². The number of carbonyl (C=O) groups excluding carboxylic acids is 2. The molecule has 1 N–H and O–H groups in total. The first-order valence-electron chi connectivity index (χ1n) is 10.1. The molecule has 160 valence electrons. The normalized spacial score (nSPS) is 15.3. The van der Waals surface area contributed by atoms with E-state index in [2.05, 4.69) is 4.90 Å². The molecule has 0 amide bonds. The molecule has 0 aromatic heterocycles. The van der Waals surface area contributed by atoms with E-state index in [0.29, 0.717) is 43.8 Å². The third-order valence-electron chi connectivity index (χ3n) is 5.55. The van der Waals surface area contributed by atoms with E-state index >= 15 is 0 Å². The van der Waals surface area contributed by atoms with Gasteiger partial charge in [0.25, 0.3) is 0 Å². The molecule has 0 atom stereocenters. The average Bonchev–Trinajstić information content (AvgIpc) is 2.73. The van der Waals surface area contributed by atoms with Crippen LogP contribution in [0.4, 0.5) is 8.78 Å². The summed E-state index contributed by atoms with van der Waals surface area (Å²) in [5.41, 5.74) is -0.194. The highest BCUT2D eigenvalue weighted by Gasteiger charge is 2.29. The zero-order valence-corrected chi connectivity index (χ0v) is 17.3. The molecule has 1 heterocycles. The Labute approximate surface area is 179 Å². The van der Waals surface area contributed by atoms with Crippen LogP contribution in [-0.4, -0.2) is 41.2 Å². The Bertz CT molecular complexity index is 906. The van der Waals surface area contributed by atoms with E-state index in [1.807, 2.05) is 0 Å².